The lowest BCUT2D eigenvalue weighted by Crippen LogP contribution is -2.24. The highest BCUT2D eigenvalue weighted by Crippen LogP contribution is 2.14. The van der Waals surface area contributed by atoms with Crippen molar-refractivity contribution in [3.63, 3.8) is 0 Å². The number of carbonyl (C=O) groups excluding carboxylic acids is 1. The van der Waals surface area contributed by atoms with Crippen LogP contribution in [-0.4, -0.2) is 23.6 Å². The summed E-state index contributed by atoms with van der Waals surface area (Å²) in [4.78, 5) is 12.8. The van der Waals surface area contributed by atoms with E-state index in [2.05, 4.69) is 0 Å². The van der Waals surface area contributed by atoms with Gasteiger partial charge >= 0.3 is 6.09 Å². The first-order chi connectivity index (χ1) is 7.29. The number of amides is 1. The van der Waals surface area contributed by atoms with Crippen molar-refractivity contribution in [2.45, 2.75) is 12.6 Å². The number of benzene rings is 1. The maximum atomic E-state index is 11.3. The van der Waals surface area contributed by atoms with Crippen molar-refractivity contribution in [3.8, 4) is 6.07 Å². The Morgan fingerprint density at radius 3 is 2.80 bits per heavy atom. The van der Waals surface area contributed by atoms with E-state index in [1.807, 2.05) is 36.4 Å². The Balaban J connectivity index is 2.02. The van der Waals surface area contributed by atoms with E-state index in [1.54, 1.807) is 0 Å². The average molecular weight is 202 g/mol. The molecule has 0 aliphatic carbocycles. The molecule has 4 heteroatoms. The van der Waals surface area contributed by atoms with E-state index in [4.69, 9.17) is 10.00 Å². The Kier molecular flexibility index (Phi) is 2.55. The number of nitriles is 1. The van der Waals surface area contributed by atoms with Crippen LogP contribution in [0, 0.1) is 11.3 Å². The second kappa shape index (κ2) is 4.01. The fourth-order valence-electron chi connectivity index (χ4n) is 1.51. The van der Waals surface area contributed by atoms with Gasteiger partial charge < -0.3 is 4.74 Å². The molecular weight excluding hydrogens is 192 g/mol. The molecule has 76 valence electrons. The summed E-state index contributed by atoms with van der Waals surface area (Å²) in [6.45, 7) is 0.849. The molecule has 1 aromatic rings. The number of rotatable bonds is 2. The summed E-state index contributed by atoms with van der Waals surface area (Å²) in [7, 11) is 0. The molecule has 1 aliphatic rings. The van der Waals surface area contributed by atoms with Crippen molar-refractivity contribution in [1.82, 2.24) is 4.90 Å². The highest BCUT2D eigenvalue weighted by atomic mass is 16.6. The molecule has 1 aromatic carbocycles. The molecule has 1 fully saturated rings. The van der Waals surface area contributed by atoms with Crippen LogP contribution >= 0.6 is 0 Å². The van der Waals surface area contributed by atoms with E-state index in [1.165, 1.54) is 4.90 Å². The lowest BCUT2D eigenvalue weighted by Gasteiger charge is -2.11. The number of cyclic esters (lactones) is 1. The highest BCUT2D eigenvalue weighted by Gasteiger charge is 2.30. The molecule has 1 unspecified atom stereocenters. The van der Waals surface area contributed by atoms with Crippen molar-refractivity contribution >= 4 is 6.09 Å². The van der Waals surface area contributed by atoms with Gasteiger partial charge in [-0.2, -0.15) is 5.26 Å². The molecule has 0 bridgehead atoms. The molecule has 1 heterocycles. The number of ether oxygens (including phenoxy) is 1. The molecule has 1 atom stereocenters. The number of hydrogen-bond donors (Lipinski definition) is 0. The van der Waals surface area contributed by atoms with Crippen LogP contribution in [0.2, 0.25) is 0 Å². The van der Waals surface area contributed by atoms with Gasteiger partial charge in [-0.3, -0.25) is 4.90 Å². The molecule has 2 rings (SSSR count). The minimum atomic E-state index is -0.624. The van der Waals surface area contributed by atoms with E-state index in [9.17, 15) is 4.79 Å². The Hall–Kier alpha value is -2.02. The topological polar surface area (TPSA) is 53.3 Å². The van der Waals surface area contributed by atoms with Crippen molar-refractivity contribution in [1.29, 1.82) is 5.26 Å². The smallest absolute Gasteiger partial charge is 0.411 e. The zero-order chi connectivity index (χ0) is 10.7. The Morgan fingerprint density at radius 2 is 2.20 bits per heavy atom. The van der Waals surface area contributed by atoms with Crippen LogP contribution in [0.25, 0.3) is 0 Å². The molecule has 1 amide bonds. The SMILES string of the molecule is N#CC1CN(Cc2ccccc2)C(=O)O1. The summed E-state index contributed by atoms with van der Waals surface area (Å²) in [5.41, 5.74) is 1.04. The van der Waals surface area contributed by atoms with Crippen LogP contribution in [0.4, 0.5) is 4.79 Å². The molecule has 0 N–H and O–H groups in total. The maximum Gasteiger partial charge on any atom is 0.411 e. The first-order valence-electron chi connectivity index (χ1n) is 4.68. The van der Waals surface area contributed by atoms with E-state index in [0.717, 1.165) is 5.56 Å². The standard InChI is InChI=1S/C11H10N2O2/c12-6-10-8-13(11(14)15-10)7-9-4-2-1-3-5-9/h1-5,10H,7-8H2. The molecule has 1 saturated heterocycles. The third kappa shape index (κ3) is 2.08. The van der Waals surface area contributed by atoms with Crippen LogP contribution in [0.1, 0.15) is 5.56 Å². The van der Waals surface area contributed by atoms with Gasteiger partial charge in [0.1, 0.15) is 6.07 Å². The summed E-state index contributed by atoms with van der Waals surface area (Å²) in [6.07, 6.45) is -1.04. The van der Waals surface area contributed by atoms with Gasteiger partial charge in [-0.15, -0.1) is 0 Å². The Bertz CT molecular complexity index is 397. The summed E-state index contributed by atoms with van der Waals surface area (Å²) < 4.78 is 4.82. The lowest BCUT2D eigenvalue weighted by molar-refractivity contribution is 0.146. The summed E-state index contributed by atoms with van der Waals surface area (Å²) in [6, 6.07) is 11.6. The van der Waals surface area contributed by atoms with Crippen LogP contribution in [-0.2, 0) is 11.3 Å². The normalized spacial score (nSPS) is 19.8. The van der Waals surface area contributed by atoms with Crippen molar-refractivity contribution in [2.75, 3.05) is 6.54 Å². The largest absolute Gasteiger partial charge is 0.429 e. The number of hydrogen-bond acceptors (Lipinski definition) is 3. The van der Waals surface area contributed by atoms with Gasteiger partial charge in [0.2, 0.25) is 6.10 Å². The first-order valence-corrected chi connectivity index (χ1v) is 4.68. The molecule has 0 radical (unpaired) electrons. The Morgan fingerprint density at radius 1 is 1.47 bits per heavy atom. The predicted octanol–water partition coefficient (Wildman–Crippen LogP) is 1.53. The minimum absolute atomic E-state index is 0.351. The summed E-state index contributed by atoms with van der Waals surface area (Å²) >= 11 is 0. The number of nitrogens with zero attached hydrogens (tertiary/aromatic N) is 2. The van der Waals surface area contributed by atoms with Gasteiger partial charge in [-0.05, 0) is 5.56 Å². The minimum Gasteiger partial charge on any atom is -0.429 e. The molecular formula is C11H10N2O2. The van der Waals surface area contributed by atoms with E-state index >= 15 is 0 Å². The van der Waals surface area contributed by atoms with Crippen LogP contribution in [0.3, 0.4) is 0 Å². The quantitative estimate of drug-likeness (QED) is 0.730. The maximum absolute atomic E-state index is 11.3. The van der Waals surface area contributed by atoms with Gasteiger partial charge in [0.25, 0.3) is 0 Å². The molecule has 1 aliphatic heterocycles. The fraction of sp³-hybridized carbons (Fsp3) is 0.273. The van der Waals surface area contributed by atoms with Gasteiger partial charge in [-0.25, -0.2) is 4.79 Å². The van der Waals surface area contributed by atoms with E-state index in [0.29, 0.717) is 13.1 Å². The van der Waals surface area contributed by atoms with E-state index in [-0.39, 0.29) is 0 Å². The predicted molar refractivity (Wildman–Crippen MR) is 52.7 cm³/mol. The zero-order valence-corrected chi connectivity index (χ0v) is 8.09. The highest BCUT2D eigenvalue weighted by molar-refractivity contribution is 5.70. The summed E-state index contributed by atoms with van der Waals surface area (Å²) in [5.74, 6) is 0. The van der Waals surface area contributed by atoms with Crippen LogP contribution in [0.15, 0.2) is 30.3 Å². The van der Waals surface area contributed by atoms with Crippen molar-refractivity contribution in [2.24, 2.45) is 0 Å². The molecule has 15 heavy (non-hydrogen) atoms. The van der Waals surface area contributed by atoms with Crippen molar-refractivity contribution in [3.05, 3.63) is 35.9 Å². The van der Waals surface area contributed by atoms with Gasteiger partial charge in [0.15, 0.2) is 0 Å². The van der Waals surface area contributed by atoms with Gasteiger partial charge in [0, 0.05) is 6.54 Å². The second-order valence-corrected chi connectivity index (χ2v) is 3.37. The van der Waals surface area contributed by atoms with E-state index < -0.39 is 12.2 Å². The third-order valence-corrected chi connectivity index (χ3v) is 2.25. The van der Waals surface area contributed by atoms with Crippen LogP contribution < -0.4 is 0 Å². The summed E-state index contributed by atoms with van der Waals surface area (Å²) in [5, 5.41) is 8.61. The van der Waals surface area contributed by atoms with Crippen LogP contribution in [0.5, 0.6) is 0 Å². The monoisotopic (exact) mass is 202 g/mol. The number of carbonyl (C=O) groups is 1. The fourth-order valence-corrected chi connectivity index (χ4v) is 1.51. The molecule has 0 aromatic heterocycles. The zero-order valence-electron chi connectivity index (χ0n) is 8.09. The second-order valence-electron chi connectivity index (χ2n) is 3.37. The third-order valence-electron chi connectivity index (χ3n) is 2.25. The lowest BCUT2D eigenvalue weighted by atomic mass is 10.2. The molecule has 4 nitrogen and oxygen atoms in total. The van der Waals surface area contributed by atoms with Gasteiger partial charge in [0.05, 0.1) is 6.54 Å². The molecule has 0 spiro atoms. The Labute approximate surface area is 87.7 Å². The average Bonchev–Trinajstić information content (AvgIpc) is 2.61. The molecule has 0 saturated carbocycles. The first kappa shape index (κ1) is 9.53. The van der Waals surface area contributed by atoms with Gasteiger partial charge in [-0.1, -0.05) is 30.3 Å². The van der Waals surface area contributed by atoms with Crippen molar-refractivity contribution < 1.29 is 9.53 Å².